The molecule has 2 unspecified atom stereocenters. The number of nitrogens with zero attached hydrogens (tertiary/aromatic N) is 4. The Labute approximate surface area is 436 Å². The lowest BCUT2D eigenvalue weighted by molar-refractivity contribution is 0.755. The number of benzene rings is 10. The second kappa shape index (κ2) is 17.3. The van der Waals surface area contributed by atoms with Crippen molar-refractivity contribution >= 4 is 0 Å². The van der Waals surface area contributed by atoms with Crippen molar-refractivity contribution in [1.29, 1.82) is 0 Å². The molecule has 2 atom stereocenters. The Morgan fingerprint density at radius 2 is 0.707 bits per heavy atom. The SMILES string of the molecule is c1ccc(-c2nc(-c3ccc(-c4ccc5c(c4)C4c6ccccc6C5c5cc(-c6ccc(-c7cccnc7)cc6)ccc54)cc3)nc(-c3cccc4c3-c3ccccc3C4(c3ccccc3)c3ccccc3)n2)cc1. The maximum Gasteiger partial charge on any atom is 0.164 e. The van der Waals surface area contributed by atoms with Crippen LogP contribution in [-0.2, 0) is 5.41 Å². The molecule has 12 aromatic rings. The molecule has 4 aliphatic carbocycles. The molecule has 4 nitrogen and oxygen atoms in total. The summed E-state index contributed by atoms with van der Waals surface area (Å²) in [5.41, 5.74) is 25.0. The Morgan fingerprint density at radius 1 is 0.280 bits per heavy atom. The Morgan fingerprint density at radius 3 is 1.28 bits per heavy atom. The van der Waals surface area contributed by atoms with Crippen LogP contribution in [-0.4, -0.2) is 19.9 Å². The minimum atomic E-state index is -0.542. The third-order valence-corrected chi connectivity index (χ3v) is 16.1. The van der Waals surface area contributed by atoms with Gasteiger partial charge in [0.1, 0.15) is 0 Å². The van der Waals surface area contributed by atoms with Gasteiger partial charge in [-0.1, -0.05) is 237 Å². The second-order valence-corrected chi connectivity index (χ2v) is 20.0. The number of rotatable bonds is 8. The summed E-state index contributed by atoms with van der Waals surface area (Å²) in [4.78, 5) is 20.2. The van der Waals surface area contributed by atoms with Gasteiger partial charge in [0.05, 0.1) is 5.41 Å². The second-order valence-electron chi connectivity index (χ2n) is 20.0. The lowest BCUT2D eigenvalue weighted by Gasteiger charge is -2.42. The van der Waals surface area contributed by atoms with Crippen LogP contribution in [0.2, 0.25) is 0 Å². The van der Waals surface area contributed by atoms with Crippen LogP contribution in [0, 0.1) is 0 Å². The molecule has 0 N–H and O–H groups in total. The van der Waals surface area contributed by atoms with Gasteiger partial charge in [0.2, 0.25) is 0 Å². The molecular formula is C71H46N4. The number of pyridine rings is 1. The molecule has 0 saturated carbocycles. The molecule has 0 saturated heterocycles. The minimum absolute atomic E-state index is 0.148. The summed E-state index contributed by atoms with van der Waals surface area (Å²) in [7, 11) is 0. The molecule has 350 valence electrons. The molecule has 0 aliphatic heterocycles. The Bertz CT molecular complexity index is 4110. The molecule has 75 heavy (non-hydrogen) atoms. The fraction of sp³-hybridized carbons (Fsp3) is 0.0423. The summed E-state index contributed by atoms with van der Waals surface area (Å²) in [6, 6.07) is 92.7. The number of aromatic nitrogens is 4. The molecule has 4 heteroatoms. The van der Waals surface area contributed by atoms with Gasteiger partial charge in [-0.3, -0.25) is 4.98 Å². The average molecular weight is 955 g/mol. The van der Waals surface area contributed by atoms with E-state index in [0.717, 1.165) is 33.4 Å². The first-order chi connectivity index (χ1) is 37.2. The monoisotopic (exact) mass is 954 g/mol. The topological polar surface area (TPSA) is 51.6 Å². The van der Waals surface area contributed by atoms with E-state index in [2.05, 4.69) is 236 Å². The Hall–Kier alpha value is -9.64. The summed E-state index contributed by atoms with van der Waals surface area (Å²) < 4.78 is 0. The minimum Gasteiger partial charge on any atom is -0.264 e. The first-order valence-electron chi connectivity index (χ1n) is 25.8. The van der Waals surface area contributed by atoms with Crippen LogP contribution < -0.4 is 0 Å². The molecule has 10 aromatic carbocycles. The van der Waals surface area contributed by atoms with Crippen LogP contribution in [0.3, 0.4) is 0 Å². The van der Waals surface area contributed by atoms with Crippen LogP contribution in [0.5, 0.6) is 0 Å². The van der Waals surface area contributed by atoms with Crippen LogP contribution in [0.15, 0.2) is 267 Å². The van der Waals surface area contributed by atoms with Crippen LogP contribution in [0.4, 0.5) is 0 Å². The molecule has 16 rings (SSSR count). The predicted molar refractivity (Wildman–Crippen MR) is 302 cm³/mol. The molecule has 2 heterocycles. The summed E-state index contributed by atoms with van der Waals surface area (Å²) >= 11 is 0. The molecule has 0 fully saturated rings. The van der Waals surface area contributed by atoms with E-state index in [0.29, 0.717) is 17.5 Å². The van der Waals surface area contributed by atoms with Crippen molar-refractivity contribution in [2.24, 2.45) is 0 Å². The van der Waals surface area contributed by atoms with E-state index < -0.39 is 5.41 Å². The van der Waals surface area contributed by atoms with Gasteiger partial charge in [-0.05, 0) is 118 Å². The average Bonchev–Trinajstić information content (AvgIpc) is 3.97. The van der Waals surface area contributed by atoms with Crippen molar-refractivity contribution in [3.05, 3.63) is 323 Å². The van der Waals surface area contributed by atoms with E-state index in [9.17, 15) is 0 Å². The smallest absolute Gasteiger partial charge is 0.164 e. The van der Waals surface area contributed by atoms with Gasteiger partial charge in [0.25, 0.3) is 0 Å². The van der Waals surface area contributed by atoms with Crippen molar-refractivity contribution < 1.29 is 0 Å². The first kappa shape index (κ1) is 43.0. The fourth-order valence-corrected chi connectivity index (χ4v) is 12.8. The van der Waals surface area contributed by atoms with Gasteiger partial charge >= 0.3 is 0 Å². The van der Waals surface area contributed by atoms with E-state index >= 15 is 0 Å². The van der Waals surface area contributed by atoms with Gasteiger partial charge in [0.15, 0.2) is 17.5 Å². The van der Waals surface area contributed by atoms with E-state index in [4.69, 9.17) is 15.0 Å². The highest BCUT2D eigenvalue weighted by atomic mass is 15.0. The highest BCUT2D eigenvalue weighted by Gasteiger charge is 2.47. The van der Waals surface area contributed by atoms with Gasteiger partial charge in [-0.15, -0.1) is 0 Å². The summed E-state index contributed by atoms with van der Waals surface area (Å²) in [5.74, 6) is 2.21. The quantitative estimate of drug-likeness (QED) is 0.152. The Balaban J connectivity index is 0.808. The van der Waals surface area contributed by atoms with Gasteiger partial charge in [-0.25, -0.2) is 15.0 Å². The lowest BCUT2D eigenvalue weighted by atomic mass is 9.60. The molecule has 2 bridgehead atoms. The van der Waals surface area contributed by atoms with Crippen molar-refractivity contribution in [1.82, 2.24) is 19.9 Å². The summed E-state index contributed by atoms with van der Waals surface area (Å²) in [5, 5.41) is 0. The first-order valence-corrected chi connectivity index (χ1v) is 25.8. The van der Waals surface area contributed by atoms with Crippen LogP contribution in [0.25, 0.3) is 78.7 Å². The van der Waals surface area contributed by atoms with Crippen LogP contribution >= 0.6 is 0 Å². The number of fused-ring (bicyclic) bond motifs is 3. The van der Waals surface area contributed by atoms with Gasteiger partial charge in [0, 0.05) is 40.9 Å². The zero-order chi connectivity index (χ0) is 49.5. The van der Waals surface area contributed by atoms with E-state index in [-0.39, 0.29) is 11.8 Å². The third-order valence-electron chi connectivity index (χ3n) is 16.1. The zero-order valence-electron chi connectivity index (χ0n) is 40.8. The predicted octanol–water partition coefficient (Wildman–Crippen LogP) is 16.6. The normalized spacial score (nSPS) is 15.0. The van der Waals surface area contributed by atoms with Crippen molar-refractivity contribution in [2.45, 2.75) is 17.3 Å². The molecule has 4 aliphatic rings. The summed E-state index contributed by atoms with van der Waals surface area (Å²) in [6.07, 6.45) is 3.74. The van der Waals surface area contributed by atoms with E-state index in [1.807, 2.05) is 36.7 Å². The molecule has 2 aromatic heterocycles. The lowest BCUT2D eigenvalue weighted by Crippen LogP contribution is -2.28. The van der Waals surface area contributed by atoms with Gasteiger partial charge in [-0.2, -0.15) is 0 Å². The standard InChI is InChI=1S/C71H46N4/c1-4-16-48(17-5-1)68-73-69(75-70(74-68)60-26-14-28-64-67(60)59-25-12-13-27-63(59)71(64,53-19-6-2-7-20-53)54-21-8-3-9-22-54)49-35-33-46(34-36-49)51-38-40-58-62(43-51)66-56-24-11-10-23-55(56)65(58)61-42-50(37-39-57(61)66)45-29-31-47(32-30-45)52-18-15-41-72-44-52/h1-44,65-66H. The van der Waals surface area contributed by atoms with Crippen molar-refractivity contribution in [3.8, 4) is 78.7 Å². The van der Waals surface area contributed by atoms with E-state index in [1.54, 1.807) is 0 Å². The molecule has 0 amide bonds. The van der Waals surface area contributed by atoms with E-state index in [1.165, 1.54) is 83.5 Å². The van der Waals surface area contributed by atoms with Gasteiger partial charge < -0.3 is 0 Å². The molecular weight excluding hydrogens is 909 g/mol. The molecule has 0 spiro atoms. The molecule has 0 radical (unpaired) electrons. The number of hydrogen-bond donors (Lipinski definition) is 0. The summed E-state index contributed by atoms with van der Waals surface area (Å²) in [6.45, 7) is 0. The largest absolute Gasteiger partial charge is 0.264 e. The van der Waals surface area contributed by atoms with Crippen LogP contribution in [0.1, 0.15) is 67.5 Å². The maximum absolute atomic E-state index is 5.39. The fourth-order valence-electron chi connectivity index (χ4n) is 12.8. The Kier molecular flexibility index (Phi) is 9.89. The highest BCUT2D eigenvalue weighted by Crippen LogP contribution is 2.59. The number of hydrogen-bond acceptors (Lipinski definition) is 4. The maximum atomic E-state index is 5.39. The third kappa shape index (κ3) is 6.76. The van der Waals surface area contributed by atoms with Crippen molar-refractivity contribution in [3.63, 3.8) is 0 Å². The van der Waals surface area contributed by atoms with Crippen molar-refractivity contribution in [2.75, 3.05) is 0 Å². The highest BCUT2D eigenvalue weighted by molar-refractivity contribution is 5.94. The zero-order valence-corrected chi connectivity index (χ0v) is 40.8.